The summed E-state index contributed by atoms with van der Waals surface area (Å²) < 4.78 is 38.1. The Kier molecular flexibility index (Phi) is 3.79. The van der Waals surface area contributed by atoms with Gasteiger partial charge >= 0.3 is 6.18 Å². The van der Waals surface area contributed by atoms with Crippen LogP contribution in [0.1, 0.15) is 12.8 Å². The van der Waals surface area contributed by atoms with Crippen molar-refractivity contribution in [1.82, 2.24) is 0 Å². The van der Waals surface area contributed by atoms with Gasteiger partial charge in [0.15, 0.2) is 0 Å². The van der Waals surface area contributed by atoms with E-state index in [1.165, 1.54) is 18.5 Å². The van der Waals surface area contributed by atoms with E-state index in [9.17, 15) is 13.2 Å². The Hall–Kier alpha value is -1.65. The molecule has 0 amide bonds. The molecule has 0 radical (unpaired) electrons. The first-order valence-electron chi connectivity index (χ1n) is 5.71. The molecule has 5 heteroatoms. The van der Waals surface area contributed by atoms with Crippen molar-refractivity contribution in [3.8, 4) is 0 Å². The van der Waals surface area contributed by atoms with Crippen molar-refractivity contribution in [3.05, 3.63) is 35.5 Å². The Labute approximate surface area is 103 Å². The van der Waals surface area contributed by atoms with Crippen LogP contribution >= 0.6 is 0 Å². The van der Waals surface area contributed by atoms with Crippen LogP contribution in [0.15, 0.2) is 45.4 Å². The highest BCUT2D eigenvalue weighted by atomic mass is 19.4. The highest BCUT2D eigenvalue weighted by Crippen LogP contribution is 2.31. The molecule has 0 saturated carbocycles. The first-order valence-corrected chi connectivity index (χ1v) is 5.71. The fourth-order valence-corrected chi connectivity index (χ4v) is 1.90. The molecule has 0 bridgehead atoms. The summed E-state index contributed by atoms with van der Waals surface area (Å²) in [5.74, 6) is 0.0819. The maximum atomic E-state index is 12.7. The van der Waals surface area contributed by atoms with E-state index in [4.69, 9.17) is 0 Å². The number of rotatable bonds is 2. The van der Waals surface area contributed by atoms with Gasteiger partial charge in [-0.25, -0.2) is 4.99 Å². The molecule has 2 rings (SSSR count). The Morgan fingerprint density at radius 3 is 2.83 bits per heavy atom. The lowest BCUT2D eigenvalue weighted by atomic mass is 9.98. The predicted octanol–water partition coefficient (Wildman–Crippen LogP) is 3.48. The standard InChI is InChI=1S/C13H13F3N2/c14-13(15,16)12-4-2-1-3-10(6-12)5-11-7-17-9-18-8-11/h1-3,6-7,9,11H,4-5,8H2. The van der Waals surface area contributed by atoms with Gasteiger partial charge in [0.1, 0.15) is 6.34 Å². The molecule has 1 atom stereocenters. The summed E-state index contributed by atoms with van der Waals surface area (Å²) in [5.41, 5.74) is 0.170. The second-order valence-corrected chi connectivity index (χ2v) is 4.28. The van der Waals surface area contributed by atoms with Gasteiger partial charge in [0.25, 0.3) is 0 Å². The molecule has 18 heavy (non-hydrogen) atoms. The predicted molar refractivity (Wildman–Crippen MR) is 65.9 cm³/mol. The molecule has 0 aromatic carbocycles. The lowest BCUT2D eigenvalue weighted by Crippen LogP contribution is -2.13. The summed E-state index contributed by atoms with van der Waals surface area (Å²) >= 11 is 0. The van der Waals surface area contributed by atoms with Gasteiger partial charge in [-0.2, -0.15) is 13.2 Å². The van der Waals surface area contributed by atoms with Gasteiger partial charge in [-0.05, 0) is 18.4 Å². The third-order valence-electron chi connectivity index (χ3n) is 2.79. The molecule has 0 aromatic heterocycles. The Morgan fingerprint density at radius 1 is 1.33 bits per heavy atom. The minimum atomic E-state index is -4.26. The van der Waals surface area contributed by atoms with Gasteiger partial charge < -0.3 is 0 Å². The largest absolute Gasteiger partial charge is 0.413 e. The molecular formula is C13H13F3N2. The van der Waals surface area contributed by atoms with Crippen molar-refractivity contribution in [2.24, 2.45) is 15.9 Å². The molecule has 2 aliphatic rings. The van der Waals surface area contributed by atoms with E-state index >= 15 is 0 Å². The van der Waals surface area contributed by atoms with E-state index in [1.54, 1.807) is 18.4 Å². The zero-order valence-corrected chi connectivity index (χ0v) is 9.69. The van der Waals surface area contributed by atoms with Crippen molar-refractivity contribution in [2.75, 3.05) is 6.54 Å². The summed E-state index contributed by atoms with van der Waals surface area (Å²) in [7, 11) is 0. The molecule has 2 nitrogen and oxygen atoms in total. The third-order valence-corrected chi connectivity index (χ3v) is 2.79. The average molecular weight is 254 g/mol. The first kappa shape index (κ1) is 12.8. The summed E-state index contributed by atoms with van der Waals surface area (Å²) in [6, 6.07) is 0. The number of aliphatic imine (C=N–C) groups is 2. The van der Waals surface area contributed by atoms with Crippen molar-refractivity contribution >= 4 is 12.6 Å². The molecule has 0 saturated heterocycles. The van der Waals surface area contributed by atoms with Crippen molar-refractivity contribution in [3.63, 3.8) is 0 Å². The van der Waals surface area contributed by atoms with Gasteiger partial charge in [0, 0.05) is 24.3 Å². The molecule has 1 aliphatic carbocycles. The second kappa shape index (κ2) is 5.33. The second-order valence-electron chi connectivity index (χ2n) is 4.28. The van der Waals surface area contributed by atoms with Crippen LogP contribution < -0.4 is 0 Å². The molecule has 0 spiro atoms. The smallest absolute Gasteiger partial charge is 0.273 e. The molecule has 0 aromatic rings. The van der Waals surface area contributed by atoms with Crippen LogP contribution in [0.25, 0.3) is 0 Å². The molecule has 96 valence electrons. The summed E-state index contributed by atoms with van der Waals surface area (Å²) in [5, 5.41) is 0. The van der Waals surface area contributed by atoms with Gasteiger partial charge in [-0.1, -0.05) is 24.3 Å². The lowest BCUT2D eigenvalue weighted by molar-refractivity contribution is -0.0929. The van der Waals surface area contributed by atoms with Crippen LogP contribution in [-0.2, 0) is 0 Å². The number of nitrogens with zero attached hydrogens (tertiary/aromatic N) is 2. The third kappa shape index (κ3) is 3.42. The topological polar surface area (TPSA) is 24.7 Å². The normalized spacial score (nSPS) is 23.6. The van der Waals surface area contributed by atoms with Gasteiger partial charge in [-0.15, -0.1) is 0 Å². The van der Waals surface area contributed by atoms with Crippen LogP contribution in [0.5, 0.6) is 0 Å². The fraction of sp³-hybridized carbons (Fsp3) is 0.385. The molecule has 1 unspecified atom stereocenters. The molecule has 0 fully saturated rings. The van der Waals surface area contributed by atoms with Gasteiger partial charge in [-0.3, -0.25) is 4.99 Å². The van der Waals surface area contributed by atoms with Crippen molar-refractivity contribution in [2.45, 2.75) is 19.0 Å². The summed E-state index contributed by atoms with van der Waals surface area (Å²) in [6.45, 7) is 0.583. The van der Waals surface area contributed by atoms with E-state index in [0.717, 1.165) is 0 Å². The zero-order valence-electron chi connectivity index (χ0n) is 9.69. The number of halogens is 3. The molecule has 1 aliphatic heterocycles. The van der Waals surface area contributed by atoms with Gasteiger partial charge in [0.2, 0.25) is 0 Å². The van der Waals surface area contributed by atoms with Crippen LogP contribution in [0.4, 0.5) is 13.2 Å². The monoisotopic (exact) mass is 254 g/mol. The Balaban J connectivity index is 2.11. The van der Waals surface area contributed by atoms with Crippen molar-refractivity contribution < 1.29 is 13.2 Å². The fourth-order valence-electron chi connectivity index (χ4n) is 1.90. The number of hydrogen-bond acceptors (Lipinski definition) is 2. The van der Waals surface area contributed by atoms with Crippen LogP contribution in [0.2, 0.25) is 0 Å². The number of hydrogen-bond donors (Lipinski definition) is 0. The van der Waals surface area contributed by atoms with E-state index in [2.05, 4.69) is 9.98 Å². The minimum absolute atomic E-state index is 0.0690. The molecule has 0 N–H and O–H groups in total. The maximum absolute atomic E-state index is 12.7. The molecular weight excluding hydrogens is 241 g/mol. The van der Waals surface area contributed by atoms with Crippen LogP contribution in [0.3, 0.4) is 0 Å². The highest BCUT2D eigenvalue weighted by Gasteiger charge is 2.33. The average Bonchev–Trinajstić information content (AvgIpc) is 2.55. The van der Waals surface area contributed by atoms with Crippen LogP contribution in [0, 0.1) is 5.92 Å². The van der Waals surface area contributed by atoms with E-state index in [1.807, 2.05) is 0 Å². The number of alkyl halides is 3. The zero-order chi connectivity index (χ0) is 13.0. The van der Waals surface area contributed by atoms with Gasteiger partial charge in [0.05, 0.1) is 0 Å². The summed E-state index contributed by atoms with van der Waals surface area (Å²) in [4.78, 5) is 7.91. The van der Waals surface area contributed by atoms with Crippen molar-refractivity contribution in [1.29, 1.82) is 0 Å². The maximum Gasteiger partial charge on any atom is 0.413 e. The SMILES string of the molecule is FC(F)(F)C1=CC(CC2C=NC=NC2)=CC=CC1. The van der Waals surface area contributed by atoms with E-state index < -0.39 is 11.7 Å². The summed E-state index contributed by atoms with van der Waals surface area (Å²) in [6.07, 6.45) is 5.58. The minimum Gasteiger partial charge on any atom is -0.273 e. The quantitative estimate of drug-likeness (QED) is 0.720. The van der Waals surface area contributed by atoms with Crippen LogP contribution in [-0.4, -0.2) is 25.3 Å². The Morgan fingerprint density at radius 2 is 2.17 bits per heavy atom. The molecule has 1 heterocycles. The Bertz CT molecular complexity index is 453. The lowest BCUT2D eigenvalue weighted by Gasteiger charge is -2.14. The highest BCUT2D eigenvalue weighted by molar-refractivity contribution is 5.76. The number of allylic oxidation sites excluding steroid dienone is 6. The van der Waals surface area contributed by atoms with E-state index in [-0.39, 0.29) is 12.3 Å². The first-order chi connectivity index (χ1) is 8.55. The van der Waals surface area contributed by atoms with E-state index in [0.29, 0.717) is 18.5 Å².